The van der Waals surface area contributed by atoms with Gasteiger partial charge in [-0.3, -0.25) is 14.4 Å². The molecule has 0 radical (unpaired) electrons. The van der Waals surface area contributed by atoms with Crippen LogP contribution in [0, 0.1) is 0 Å². The summed E-state index contributed by atoms with van der Waals surface area (Å²) in [7, 11) is 0. The predicted molar refractivity (Wildman–Crippen MR) is 127 cm³/mol. The maximum atomic E-state index is 13.1. The number of carbonyl (C=O) groups excluding carboxylic acids is 2. The summed E-state index contributed by atoms with van der Waals surface area (Å²) in [5.74, 6) is -1.93. The van der Waals surface area contributed by atoms with Crippen molar-refractivity contribution in [2.75, 3.05) is 0 Å². The smallest absolute Gasteiger partial charge is 0.300 e. The number of furan rings is 1. The summed E-state index contributed by atoms with van der Waals surface area (Å²) < 4.78 is 5.37. The van der Waals surface area contributed by atoms with E-state index in [1.165, 1.54) is 17.2 Å². The Morgan fingerprint density at radius 3 is 2.41 bits per heavy atom. The first-order valence-corrected chi connectivity index (χ1v) is 10.6. The molecule has 3 aromatic rings. The zero-order valence-electron chi connectivity index (χ0n) is 18.2. The van der Waals surface area contributed by atoms with E-state index in [1.54, 1.807) is 42.5 Å². The number of nitrogens with zero attached hydrogens (tertiary/aromatic N) is 1. The molecule has 1 aliphatic rings. The fourth-order valence-electron chi connectivity index (χ4n) is 3.49. The molecule has 7 nitrogen and oxygen atoms in total. The van der Waals surface area contributed by atoms with E-state index in [4.69, 9.17) is 25.9 Å². The average Bonchev–Trinajstić information content (AvgIpc) is 3.40. The van der Waals surface area contributed by atoms with Crippen LogP contribution in [0.15, 0.2) is 94.8 Å². The maximum Gasteiger partial charge on any atom is 0.300 e. The molecule has 2 aromatic carbocycles. The quantitative estimate of drug-likeness (QED) is 0.470. The van der Waals surface area contributed by atoms with Crippen LogP contribution in [0.2, 0.25) is 5.02 Å². The van der Waals surface area contributed by atoms with Crippen molar-refractivity contribution in [3.8, 4) is 0 Å². The third kappa shape index (κ3) is 6.02. The lowest BCUT2D eigenvalue weighted by Crippen LogP contribution is -2.30. The number of halogens is 1. The van der Waals surface area contributed by atoms with Gasteiger partial charge < -0.3 is 19.5 Å². The normalized spacial score (nSPS) is 15.4. The first-order valence-electron chi connectivity index (χ1n) is 10.3. The van der Waals surface area contributed by atoms with Crippen LogP contribution in [0.4, 0.5) is 0 Å². The Bertz CT molecular complexity index is 1230. The van der Waals surface area contributed by atoms with E-state index >= 15 is 0 Å². The number of carboxylic acids is 1. The molecular formula is C26H22ClNO6. The van der Waals surface area contributed by atoms with Gasteiger partial charge in [-0.15, -0.1) is 0 Å². The number of allylic oxidation sites excluding steroid dienone is 1. The van der Waals surface area contributed by atoms with E-state index in [0.29, 0.717) is 16.3 Å². The van der Waals surface area contributed by atoms with Gasteiger partial charge in [-0.1, -0.05) is 60.1 Å². The second-order valence-corrected chi connectivity index (χ2v) is 7.80. The van der Waals surface area contributed by atoms with Gasteiger partial charge in [0, 0.05) is 11.9 Å². The number of aliphatic hydroxyl groups is 1. The lowest BCUT2D eigenvalue weighted by molar-refractivity contribution is -0.134. The number of benzene rings is 2. The van der Waals surface area contributed by atoms with Crippen LogP contribution >= 0.6 is 11.6 Å². The molecule has 0 bridgehead atoms. The van der Waals surface area contributed by atoms with Crippen LogP contribution in [0.25, 0.3) is 6.08 Å². The van der Waals surface area contributed by atoms with Crippen molar-refractivity contribution in [2.24, 2.45) is 0 Å². The SMILES string of the molecule is CC(=O)O.O=C(C=Cc1ccccc1)C1=C(O)C(=O)N(Cc2ccco2)C1c1cccc(Cl)c1. The monoisotopic (exact) mass is 479 g/mol. The number of amides is 1. The van der Waals surface area contributed by atoms with Crippen molar-refractivity contribution >= 4 is 35.3 Å². The molecule has 1 atom stereocenters. The maximum absolute atomic E-state index is 13.1. The molecule has 2 N–H and O–H groups in total. The lowest BCUT2D eigenvalue weighted by atomic mass is 9.95. The van der Waals surface area contributed by atoms with Crippen molar-refractivity contribution < 1.29 is 29.0 Å². The van der Waals surface area contributed by atoms with Gasteiger partial charge in [0.2, 0.25) is 0 Å². The van der Waals surface area contributed by atoms with E-state index in [9.17, 15) is 14.7 Å². The Kier molecular flexibility index (Phi) is 8.05. The van der Waals surface area contributed by atoms with Gasteiger partial charge in [-0.25, -0.2) is 0 Å². The number of hydrogen-bond acceptors (Lipinski definition) is 5. The number of rotatable bonds is 6. The summed E-state index contributed by atoms with van der Waals surface area (Å²) >= 11 is 6.16. The highest BCUT2D eigenvalue weighted by atomic mass is 35.5. The van der Waals surface area contributed by atoms with Gasteiger partial charge >= 0.3 is 0 Å². The highest BCUT2D eigenvalue weighted by molar-refractivity contribution is 6.30. The standard InChI is InChI=1S/C24H18ClNO4.C2H4O2/c25-18-9-4-8-17(14-18)22-21(20(27)12-11-16-6-2-1-3-7-16)23(28)24(29)26(22)15-19-10-5-13-30-19;1-2(3)4/h1-14,22,28H,15H2;1H3,(H,3,4). The Morgan fingerprint density at radius 1 is 1.09 bits per heavy atom. The van der Waals surface area contributed by atoms with Gasteiger partial charge in [0.25, 0.3) is 11.9 Å². The Hall–Kier alpha value is -4.10. The molecule has 4 rings (SSSR count). The highest BCUT2D eigenvalue weighted by Crippen LogP contribution is 2.39. The molecule has 1 amide bonds. The summed E-state index contributed by atoms with van der Waals surface area (Å²) in [4.78, 5) is 36.3. The summed E-state index contributed by atoms with van der Waals surface area (Å²) in [5, 5.41) is 18.5. The number of ketones is 1. The summed E-state index contributed by atoms with van der Waals surface area (Å²) in [6.07, 6.45) is 4.52. The summed E-state index contributed by atoms with van der Waals surface area (Å²) in [6, 6.07) is 18.9. The van der Waals surface area contributed by atoms with Crippen molar-refractivity contribution in [2.45, 2.75) is 19.5 Å². The first kappa shape index (κ1) is 24.5. The van der Waals surface area contributed by atoms with Crippen molar-refractivity contribution in [3.05, 3.63) is 112 Å². The van der Waals surface area contributed by atoms with Crippen molar-refractivity contribution in [1.82, 2.24) is 4.90 Å². The Balaban J connectivity index is 0.000000751. The van der Waals surface area contributed by atoms with Crippen LogP contribution in [0.5, 0.6) is 0 Å². The van der Waals surface area contributed by atoms with Gasteiger partial charge in [0.15, 0.2) is 11.5 Å². The van der Waals surface area contributed by atoms with Crippen LogP contribution in [-0.2, 0) is 20.9 Å². The molecule has 174 valence electrons. The van der Waals surface area contributed by atoms with E-state index in [1.807, 2.05) is 30.3 Å². The lowest BCUT2D eigenvalue weighted by Gasteiger charge is -2.26. The van der Waals surface area contributed by atoms with Crippen LogP contribution < -0.4 is 0 Å². The van der Waals surface area contributed by atoms with Crippen molar-refractivity contribution in [1.29, 1.82) is 0 Å². The zero-order chi connectivity index (χ0) is 24.7. The Labute approximate surface area is 201 Å². The van der Waals surface area contributed by atoms with Crippen LogP contribution in [-0.4, -0.2) is 32.8 Å². The highest BCUT2D eigenvalue weighted by Gasteiger charge is 2.43. The average molecular weight is 480 g/mol. The minimum absolute atomic E-state index is 0.0148. The largest absolute Gasteiger partial charge is 0.503 e. The molecule has 1 aromatic heterocycles. The van der Waals surface area contributed by atoms with Gasteiger partial charge in [0.05, 0.1) is 24.4 Å². The fraction of sp³-hybridized carbons (Fsp3) is 0.115. The molecule has 34 heavy (non-hydrogen) atoms. The molecule has 0 saturated heterocycles. The number of aliphatic hydroxyl groups excluding tert-OH is 1. The first-order chi connectivity index (χ1) is 16.3. The molecule has 0 saturated carbocycles. The molecule has 1 unspecified atom stereocenters. The van der Waals surface area contributed by atoms with Crippen molar-refractivity contribution in [3.63, 3.8) is 0 Å². The fourth-order valence-corrected chi connectivity index (χ4v) is 3.69. The molecule has 2 heterocycles. The second kappa shape index (κ2) is 11.2. The van der Waals surface area contributed by atoms with E-state index < -0.39 is 29.5 Å². The number of carbonyl (C=O) groups is 3. The number of aliphatic carboxylic acids is 1. The molecule has 8 heteroatoms. The van der Waals surface area contributed by atoms with Gasteiger partial charge in [-0.05, 0) is 41.5 Å². The van der Waals surface area contributed by atoms with Gasteiger partial charge in [-0.2, -0.15) is 0 Å². The van der Waals surface area contributed by atoms with Crippen LogP contribution in [0.3, 0.4) is 0 Å². The molecule has 0 aliphatic carbocycles. The summed E-state index contributed by atoms with van der Waals surface area (Å²) in [5.41, 5.74) is 1.48. The third-order valence-electron chi connectivity index (χ3n) is 4.87. The van der Waals surface area contributed by atoms with E-state index in [0.717, 1.165) is 12.5 Å². The van der Waals surface area contributed by atoms with E-state index in [-0.39, 0.29) is 12.1 Å². The van der Waals surface area contributed by atoms with E-state index in [2.05, 4.69) is 0 Å². The number of carboxylic acid groups (broad SMARTS) is 1. The second-order valence-electron chi connectivity index (χ2n) is 7.36. The zero-order valence-corrected chi connectivity index (χ0v) is 19.0. The minimum Gasteiger partial charge on any atom is -0.503 e. The molecule has 0 spiro atoms. The minimum atomic E-state index is -0.833. The summed E-state index contributed by atoms with van der Waals surface area (Å²) in [6.45, 7) is 1.19. The molecule has 0 fully saturated rings. The predicted octanol–water partition coefficient (Wildman–Crippen LogP) is 5.20. The van der Waals surface area contributed by atoms with Gasteiger partial charge in [0.1, 0.15) is 5.76 Å². The Morgan fingerprint density at radius 2 is 1.79 bits per heavy atom. The third-order valence-corrected chi connectivity index (χ3v) is 5.10. The number of hydrogen-bond donors (Lipinski definition) is 2. The molecule has 1 aliphatic heterocycles. The van der Waals surface area contributed by atoms with Crippen LogP contribution in [0.1, 0.15) is 29.9 Å². The topological polar surface area (TPSA) is 108 Å². The molecular weight excluding hydrogens is 458 g/mol.